The summed E-state index contributed by atoms with van der Waals surface area (Å²) in [7, 11) is 0. The number of hydrogen-bond acceptors (Lipinski definition) is 2. The van der Waals surface area contributed by atoms with Gasteiger partial charge < -0.3 is 10.2 Å². The number of piperazine rings is 1. The van der Waals surface area contributed by atoms with Crippen LogP contribution in [0.3, 0.4) is 0 Å². The lowest BCUT2D eigenvalue weighted by Crippen LogP contribution is -2.42. The molecule has 1 aliphatic rings. The Labute approximate surface area is 55.0 Å². The maximum atomic E-state index is 10.7. The summed E-state index contributed by atoms with van der Waals surface area (Å²) in [6.07, 6.45) is 0. The molecule has 0 bridgehead atoms. The number of carbonyl (C=O) groups excluding carboxylic acids is 1. The van der Waals surface area contributed by atoms with Crippen LogP contribution in [0.25, 0.3) is 0 Å². The lowest BCUT2D eigenvalue weighted by molar-refractivity contribution is -0.127. The zero-order chi connectivity index (χ0) is 6.69. The Morgan fingerprint density at radius 2 is 2.56 bits per heavy atom. The number of amides is 1. The van der Waals surface area contributed by atoms with E-state index in [1.54, 1.807) is 11.8 Å². The van der Waals surface area contributed by atoms with Crippen molar-refractivity contribution < 1.29 is 4.79 Å². The van der Waals surface area contributed by atoms with Crippen LogP contribution in [-0.4, -0.2) is 30.4 Å². The van der Waals surface area contributed by atoms with Crippen molar-refractivity contribution in [2.24, 2.45) is 0 Å². The van der Waals surface area contributed by atoms with Crippen LogP contribution in [0.5, 0.6) is 0 Å². The summed E-state index contributed by atoms with van der Waals surface area (Å²) in [5.41, 5.74) is 0. The minimum Gasteiger partial charge on any atom is -0.335 e. The van der Waals surface area contributed by atoms with Gasteiger partial charge >= 0.3 is 0 Å². The second kappa shape index (κ2) is 2.82. The Kier molecular flexibility index (Phi) is 2.05. The van der Waals surface area contributed by atoms with Crippen LogP contribution in [0.4, 0.5) is 0 Å². The van der Waals surface area contributed by atoms with Gasteiger partial charge in [-0.1, -0.05) is 0 Å². The minimum atomic E-state index is 0.136. The molecule has 0 aliphatic carbocycles. The van der Waals surface area contributed by atoms with Gasteiger partial charge in [0, 0.05) is 26.6 Å². The molecule has 3 heteroatoms. The quantitative estimate of drug-likeness (QED) is 0.480. The smallest absolute Gasteiger partial charge is 0.219 e. The van der Waals surface area contributed by atoms with Crippen molar-refractivity contribution in [2.45, 2.75) is 6.92 Å². The highest BCUT2D eigenvalue weighted by Crippen LogP contribution is 1.95. The van der Waals surface area contributed by atoms with E-state index in [0.717, 1.165) is 19.6 Å². The molecular weight excluding hydrogens is 116 g/mol. The predicted molar refractivity (Wildman–Crippen MR) is 34.6 cm³/mol. The lowest BCUT2D eigenvalue weighted by Gasteiger charge is -2.25. The molecule has 0 spiro atoms. The number of nitrogens with one attached hydrogen (secondary N) is 1. The molecule has 1 amide bonds. The van der Waals surface area contributed by atoms with Gasteiger partial charge in [0.15, 0.2) is 0 Å². The number of nitrogens with zero attached hydrogens (tertiary/aromatic N) is 1. The van der Waals surface area contributed by atoms with Gasteiger partial charge in [0.2, 0.25) is 5.91 Å². The van der Waals surface area contributed by atoms with E-state index in [1.165, 1.54) is 0 Å². The molecule has 0 aromatic rings. The van der Waals surface area contributed by atoms with Crippen molar-refractivity contribution in [3.05, 3.63) is 6.54 Å². The maximum absolute atomic E-state index is 10.7. The zero-order valence-corrected chi connectivity index (χ0v) is 5.55. The second-order valence-electron chi connectivity index (χ2n) is 2.10. The van der Waals surface area contributed by atoms with Crippen LogP contribution in [0.1, 0.15) is 6.92 Å². The van der Waals surface area contributed by atoms with Crippen LogP contribution in [0.2, 0.25) is 0 Å². The summed E-state index contributed by atoms with van der Waals surface area (Å²) in [4.78, 5) is 12.4. The van der Waals surface area contributed by atoms with E-state index < -0.39 is 0 Å². The molecule has 0 aromatic heterocycles. The molecule has 0 atom stereocenters. The topological polar surface area (TPSA) is 32.3 Å². The van der Waals surface area contributed by atoms with Crippen LogP contribution in [0.15, 0.2) is 0 Å². The van der Waals surface area contributed by atoms with Crippen molar-refractivity contribution in [1.82, 2.24) is 10.2 Å². The highest BCUT2D eigenvalue weighted by molar-refractivity contribution is 5.74. The molecule has 1 aliphatic heterocycles. The third-order valence-electron chi connectivity index (χ3n) is 1.39. The molecule has 0 aromatic carbocycles. The fourth-order valence-corrected chi connectivity index (χ4v) is 0.854. The third-order valence-corrected chi connectivity index (χ3v) is 1.39. The van der Waals surface area contributed by atoms with E-state index in [0.29, 0.717) is 0 Å². The fourth-order valence-electron chi connectivity index (χ4n) is 0.854. The standard InChI is InChI=1S/C6H11N2O/c1-6(9)8-4-2-7-3-5-8/h4,7H,2-3,5H2,1H3. The molecule has 3 nitrogen and oxygen atoms in total. The van der Waals surface area contributed by atoms with Crippen molar-refractivity contribution >= 4 is 5.91 Å². The Hall–Kier alpha value is -0.570. The van der Waals surface area contributed by atoms with E-state index in [4.69, 9.17) is 0 Å². The number of hydrogen-bond donors (Lipinski definition) is 1. The first-order chi connectivity index (χ1) is 4.30. The number of carbonyl (C=O) groups is 1. The van der Waals surface area contributed by atoms with Gasteiger partial charge in [-0.25, -0.2) is 0 Å². The summed E-state index contributed by atoms with van der Waals surface area (Å²) < 4.78 is 0. The first-order valence-corrected chi connectivity index (χ1v) is 3.12. The van der Waals surface area contributed by atoms with Gasteiger partial charge in [0.05, 0.1) is 6.54 Å². The SMILES string of the molecule is CC(=O)N1[CH]CNCC1. The predicted octanol–water partition coefficient (Wildman–Crippen LogP) is -0.400. The fraction of sp³-hybridized carbons (Fsp3) is 0.667. The average molecular weight is 127 g/mol. The first kappa shape index (κ1) is 6.55. The largest absolute Gasteiger partial charge is 0.335 e. The molecule has 1 saturated heterocycles. The highest BCUT2D eigenvalue weighted by Gasteiger charge is 2.10. The van der Waals surface area contributed by atoms with E-state index in [1.807, 2.05) is 6.54 Å². The van der Waals surface area contributed by atoms with Crippen LogP contribution < -0.4 is 5.32 Å². The van der Waals surface area contributed by atoms with E-state index in [-0.39, 0.29) is 5.91 Å². The van der Waals surface area contributed by atoms with E-state index in [2.05, 4.69) is 5.32 Å². The summed E-state index contributed by atoms with van der Waals surface area (Å²) in [5.74, 6) is 0.136. The van der Waals surface area contributed by atoms with Crippen LogP contribution in [-0.2, 0) is 4.79 Å². The van der Waals surface area contributed by atoms with Crippen LogP contribution in [0, 0.1) is 6.54 Å². The minimum absolute atomic E-state index is 0.136. The summed E-state index contributed by atoms with van der Waals surface area (Å²) >= 11 is 0. The molecule has 1 rings (SSSR count). The Balaban J connectivity index is 2.31. The third kappa shape index (κ3) is 1.68. The second-order valence-corrected chi connectivity index (χ2v) is 2.10. The maximum Gasteiger partial charge on any atom is 0.219 e. The zero-order valence-electron chi connectivity index (χ0n) is 5.55. The number of rotatable bonds is 0. The Morgan fingerprint density at radius 3 is 2.89 bits per heavy atom. The summed E-state index contributed by atoms with van der Waals surface area (Å²) in [5, 5.41) is 3.12. The summed E-state index contributed by atoms with van der Waals surface area (Å²) in [6, 6.07) is 0. The van der Waals surface area contributed by atoms with Gasteiger partial charge in [0.25, 0.3) is 0 Å². The van der Waals surface area contributed by atoms with Gasteiger partial charge in [-0.05, 0) is 0 Å². The Bertz CT molecular complexity index is 108. The average Bonchev–Trinajstić information content (AvgIpc) is 1.90. The highest BCUT2D eigenvalue weighted by atomic mass is 16.2. The monoisotopic (exact) mass is 127 g/mol. The van der Waals surface area contributed by atoms with E-state index in [9.17, 15) is 4.79 Å². The first-order valence-electron chi connectivity index (χ1n) is 3.12. The van der Waals surface area contributed by atoms with Gasteiger partial charge in [-0.2, -0.15) is 0 Å². The summed E-state index contributed by atoms with van der Waals surface area (Å²) in [6.45, 7) is 6.01. The molecule has 1 fully saturated rings. The van der Waals surface area contributed by atoms with Gasteiger partial charge in [-0.3, -0.25) is 4.79 Å². The lowest BCUT2D eigenvalue weighted by atomic mass is 10.4. The molecule has 1 N–H and O–H groups in total. The van der Waals surface area contributed by atoms with Gasteiger partial charge in [-0.15, -0.1) is 0 Å². The molecule has 0 saturated carbocycles. The molecular formula is C6H11N2O. The normalized spacial score (nSPS) is 19.9. The van der Waals surface area contributed by atoms with Crippen molar-refractivity contribution in [2.75, 3.05) is 19.6 Å². The van der Waals surface area contributed by atoms with Crippen molar-refractivity contribution in [3.8, 4) is 0 Å². The molecule has 1 heterocycles. The molecule has 0 unspecified atom stereocenters. The molecule has 1 radical (unpaired) electrons. The Morgan fingerprint density at radius 1 is 1.78 bits per heavy atom. The van der Waals surface area contributed by atoms with Crippen molar-refractivity contribution in [1.29, 1.82) is 0 Å². The molecule has 51 valence electrons. The van der Waals surface area contributed by atoms with E-state index >= 15 is 0 Å². The van der Waals surface area contributed by atoms with Crippen molar-refractivity contribution in [3.63, 3.8) is 0 Å². The van der Waals surface area contributed by atoms with Gasteiger partial charge in [0.1, 0.15) is 0 Å². The van der Waals surface area contributed by atoms with Crippen LogP contribution >= 0.6 is 0 Å². The molecule has 9 heavy (non-hydrogen) atoms.